The number of hydrogen-bond donors (Lipinski definition) is 0. The van der Waals surface area contributed by atoms with Gasteiger partial charge < -0.3 is 0 Å². The van der Waals surface area contributed by atoms with Gasteiger partial charge in [-0.15, -0.1) is 0 Å². The Bertz CT molecular complexity index is 939. The van der Waals surface area contributed by atoms with Gasteiger partial charge in [-0.1, -0.05) is 29.3 Å². The third-order valence-corrected chi connectivity index (χ3v) is 4.17. The molecule has 0 amide bonds. The molecule has 0 fully saturated rings. The summed E-state index contributed by atoms with van der Waals surface area (Å²) in [5, 5.41) is 0.278. The zero-order chi connectivity index (χ0) is 18.2. The Kier molecular flexibility index (Phi) is 4.71. The van der Waals surface area contributed by atoms with Crippen molar-refractivity contribution in [2.45, 2.75) is 19.0 Å². The van der Waals surface area contributed by atoms with Crippen molar-refractivity contribution in [3.63, 3.8) is 0 Å². The highest BCUT2D eigenvalue weighted by atomic mass is 35.5. The van der Waals surface area contributed by atoms with Crippen LogP contribution in [0, 0.1) is 0 Å². The van der Waals surface area contributed by atoms with Crippen LogP contribution in [0.25, 0.3) is 11.0 Å². The fraction of sp³-hybridized carbons (Fsp3) is 0.188. The zero-order valence-electron chi connectivity index (χ0n) is 12.5. The number of nitrogens with zero attached hydrogens (tertiary/aromatic N) is 3. The average molecular weight is 388 g/mol. The third-order valence-electron chi connectivity index (χ3n) is 3.45. The van der Waals surface area contributed by atoms with E-state index >= 15 is 0 Å². The first-order valence-corrected chi connectivity index (χ1v) is 7.85. The smallest absolute Gasteiger partial charge is 0.274 e. The molecule has 2 aromatic heterocycles. The first-order valence-electron chi connectivity index (χ1n) is 7.10. The summed E-state index contributed by atoms with van der Waals surface area (Å²) in [5.41, 5.74) is 0.933. The van der Waals surface area contributed by atoms with Crippen molar-refractivity contribution in [1.29, 1.82) is 0 Å². The highest BCUT2D eigenvalue weighted by Gasteiger charge is 2.32. The van der Waals surface area contributed by atoms with Crippen LogP contribution in [0.4, 0.5) is 13.2 Å². The minimum Gasteiger partial charge on any atom is -0.274 e. The summed E-state index contributed by atoms with van der Waals surface area (Å²) in [6, 6.07) is 5.99. The van der Waals surface area contributed by atoms with E-state index in [-0.39, 0.29) is 27.5 Å². The van der Waals surface area contributed by atoms with E-state index in [2.05, 4.69) is 9.97 Å². The Labute approximate surface area is 150 Å². The quantitative estimate of drug-likeness (QED) is 0.652. The molecule has 0 radical (unpaired) electrons. The summed E-state index contributed by atoms with van der Waals surface area (Å²) in [5.74, 6) is -0.970. The van der Waals surface area contributed by atoms with E-state index in [4.69, 9.17) is 23.2 Å². The summed E-state index contributed by atoms with van der Waals surface area (Å²) in [7, 11) is 0. The van der Waals surface area contributed by atoms with E-state index in [1.165, 1.54) is 24.5 Å². The first kappa shape index (κ1) is 17.7. The molecule has 0 N–H and O–H groups in total. The lowest BCUT2D eigenvalue weighted by Crippen LogP contribution is -2.21. The van der Waals surface area contributed by atoms with Crippen molar-refractivity contribution in [1.82, 2.24) is 14.5 Å². The van der Waals surface area contributed by atoms with Crippen LogP contribution in [-0.4, -0.2) is 26.6 Å². The molecule has 3 aromatic rings. The van der Waals surface area contributed by atoms with Gasteiger partial charge in [0.05, 0.1) is 27.5 Å². The average Bonchev–Trinajstić information content (AvgIpc) is 2.83. The summed E-state index contributed by atoms with van der Waals surface area (Å²) in [4.78, 5) is 20.5. The van der Waals surface area contributed by atoms with Crippen LogP contribution in [0.3, 0.4) is 0 Å². The third kappa shape index (κ3) is 3.93. The van der Waals surface area contributed by atoms with Gasteiger partial charge in [0.25, 0.3) is 0 Å². The SMILES string of the molecule is O=C(Cc1cccnc1)n1c(CC(F)(F)F)nc2cc(Cl)c(Cl)cc21. The van der Waals surface area contributed by atoms with Gasteiger partial charge in [0.1, 0.15) is 12.2 Å². The van der Waals surface area contributed by atoms with Gasteiger partial charge >= 0.3 is 6.18 Å². The molecule has 3 rings (SSSR count). The van der Waals surface area contributed by atoms with Crippen LogP contribution in [0.2, 0.25) is 10.0 Å². The van der Waals surface area contributed by atoms with Crippen molar-refractivity contribution >= 4 is 40.1 Å². The lowest BCUT2D eigenvalue weighted by molar-refractivity contribution is -0.128. The molecule has 1 aromatic carbocycles. The largest absolute Gasteiger partial charge is 0.396 e. The van der Waals surface area contributed by atoms with Crippen LogP contribution in [-0.2, 0) is 12.8 Å². The molecule has 25 heavy (non-hydrogen) atoms. The number of carbonyl (C=O) groups excluding carboxylic acids is 1. The molecule has 2 heterocycles. The Morgan fingerprint density at radius 1 is 1.20 bits per heavy atom. The summed E-state index contributed by atoms with van der Waals surface area (Å²) >= 11 is 11.8. The van der Waals surface area contributed by atoms with Gasteiger partial charge in [-0.25, -0.2) is 4.98 Å². The number of pyridine rings is 1. The normalized spacial score (nSPS) is 11.9. The maximum absolute atomic E-state index is 12.9. The molecule has 0 spiro atoms. The van der Waals surface area contributed by atoms with Gasteiger partial charge in [-0.2, -0.15) is 13.2 Å². The van der Waals surface area contributed by atoms with Crippen LogP contribution >= 0.6 is 23.2 Å². The van der Waals surface area contributed by atoms with Crippen molar-refractivity contribution in [2.75, 3.05) is 0 Å². The van der Waals surface area contributed by atoms with Crippen molar-refractivity contribution in [3.05, 3.63) is 58.1 Å². The number of fused-ring (bicyclic) bond motifs is 1. The van der Waals surface area contributed by atoms with E-state index in [0.717, 1.165) is 4.57 Å². The van der Waals surface area contributed by atoms with E-state index in [1.54, 1.807) is 12.1 Å². The Balaban J connectivity index is 2.11. The number of alkyl halides is 3. The summed E-state index contributed by atoms with van der Waals surface area (Å²) in [6.45, 7) is 0. The molecule has 0 unspecified atom stereocenters. The summed E-state index contributed by atoms with van der Waals surface area (Å²) in [6.07, 6.45) is -2.96. The molecule has 0 aliphatic rings. The molecule has 4 nitrogen and oxygen atoms in total. The van der Waals surface area contributed by atoms with E-state index in [0.29, 0.717) is 5.56 Å². The fourth-order valence-electron chi connectivity index (χ4n) is 2.46. The highest BCUT2D eigenvalue weighted by Crippen LogP contribution is 2.30. The van der Waals surface area contributed by atoms with Gasteiger partial charge in [0, 0.05) is 12.4 Å². The second kappa shape index (κ2) is 6.65. The van der Waals surface area contributed by atoms with Gasteiger partial charge in [-0.05, 0) is 23.8 Å². The van der Waals surface area contributed by atoms with Crippen molar-refractivity contribution in [2.24, 2.45) is 0 Å². The van der Waals surface area contributed by atoms with Crippen molar-refractivity contribution < 1.29 is 18.0 Å². The predicted octanol–water partition coefficient (Wildman–Crippen LogP) is 4.73. The lowest BCUT2D eigenvalue weighted by atomic mass is 10.2. The molecule has 0 saturated carbocycles. The standard InChI is InChI=1S/C16H10Cl2F3N3O/c17-10-5-12-13(6-11(10)18)24(14(23-12)7-16(19,20)21)15(25)4-9-2-1-3-22-8-9/h1-3,5-6,8H,4,7H2. The molecular weight excluding hydrogens is 378 g/mol. The van der Waals surface area contributed by atoms with Crippen molar-refractivity contribution in [3.8, 4) is 0 Å². The topological polar surface area (TPSA) is 47.8 Å². The maximum Gasteiger partial charge on any atom is 0.396 e. The molecule has 0 bridgehead atoms. The zero-order valence-corrected chi connectivity index (χ0v) is 14.0. The minimum absolute atomic E-state index is 0.121. The molecule has 9 heteroatoms. The molecule has 0 saturated heterocycles. The van der Waals surface area contributed by atoms with E-state index in [9.17, 15) is 18.0 Å². The second-order valence-corrected chi connectivity index (χ2v) is 6.16. The van der Waals surface area contributed by atoms with Crippen LogP contribution < -0.4 is 0 Å². The molecular formula is C16H10Cl2F3N3O. The monoisotopic (exact) mass is 387 g/mol. The Morgan fingerprint density at radius 3 is 2.56 bits per heavy atom. The summed E-state index contributed by atoms with van der Waals surface area (Å²) < 4.78 is 39.6. The number of rotatable bonds is 3. The van der Waals surface area contributed by atoms with Gasteiger partial charge in [0.15, 0.2) is 0 Å². The first-order chi connectivity index (χ1) is 11.7. The number of halogens is 5. The number of hydrogen-bond acceptors (Lipinski definition) is 3. The fourth-order valence-corrected chi connectivity index (χ4v) is 2.77. The van der Waals surface area contributed by atoms with E-state index < -0.39 is 24.3 Å². The molecule has 0 aliphatic heterocycles. The maximum atomic E-state index is 12.9. The molecule has 0 atom stereocenters. The number of benzene rings is 1. The lowest BCUT2D eigenvalue weighted by Gasteiger charge is -2.10. The van der Waals surface area contributed by atoms with Gasteiger partial charge in [0.2, 0.25) is 5.91 Å². The predicted molar refractivity (Wildman–Crippen MR) is 88.1 cm³/mol. The Hall–Kier alpha value is -2.12. The van der Waals surface area contributed by atoms with Crippen LogP contribution in [0.15, 0.2) is 36.7 Å². The second-order valence-electron chi connectivity index (χ2n) is 5.34. The molecule has 130 valence electrons. The number of carbonyl (C=O) groups is 1. The minimum atomic E-state index is -4.51. The van der Waals surface area contributed by atoms with E-state index in [1.807, 2.05) is 0 Å². The van der Waals surface area contributed by atoms with Crippen LogP contribution in [0.5, 0.6) is 0 Å². The number of imidazole rings is 1. The number of aromatic nitrogens is 3. The van der Waals surface area contributed by atoms with Crippen LogP contribution in [0.1, 0.15) is 16.2 Å². The van der Waals surface area contributed by atoms with Gasteiger partial charge in [-0.3, -0.25) is 14.3 Å². The Morgan fingerprint density at radius 2 is 1.92 bits per heavy atom. The highest BCUT2D eigenvalue weighted by molar-refractivity contribution is 6.42. The molecule has 0 aliphatic carbocycles.